The molecule has 0 aliphatic carbocycles. The van der Waals surface area contributed by atoms with Crippen molar-refractivity contribution in [3.05, 3.63) is 12.2 Å². The van der Waals surface area contributed by atoms with Crippen molar-refractivity contribution in [2.45, 2.75) is 76.9 Å². The number of rotatable bonds is 1. The lowest BCUT2D eigenvalue weighted by Crippen LogP contribution is -2.55. The monoisotopic (exact) mass is 270 g/mol. The van der Waals surface area contributed by atoms with E-state index < -0.39 is 17.9 Å². The van der Waals surface area contributed by atoms with E-state index in [1.807, 2.05) is 34.6 Å². The summed E-state index contributed by atoms with van der Waals surface area (Å²) >= 11 is 0. The molecule has 0 aromatic carbocycles. The average molecular weight is 270 g/mol. The van der Waals surface area contributed by atoms with Crippen LogP contribution >= 0.6 is 0 Å². The van der Waals surface area contributed by atoms with E-state index in [4.69, 9.17) is 23.7 Å². The summed E-state index contributed by atoms with van der Waals surface area (Å²) in [6, 6.07) is 0. The van der Waals surface area contributed by atoms with E-state index in [1.54, 1.807) is 0 Å². The molecule has 0 bridgehead atoms. The summed E-state index contributed by atoms with van der Waals surface area (Å²) in [5.74, 6) is -1.31. The molecule has 0 amide bonds. The Bertz CT molecular complexity index is 403. The van der Waals surface area contributed by atoms with Crippen LogP contribution in [0.15, 0.2) is 12.2 Å². The zero-order chi connectivity index (χ0) is 14.0. The fraction of sp³-hybridized carbons (Fsp3) is 0.857. The zero-order valence-electron chi connectivity index (χ0n) is 12.1. The SMILES string of the molecule is C=C(C)[C@@H]1O[C@H]2OC(C)(C)O[C@H]2[C@@H]2OC(C)(C)O[C@@H]21. The van der Waals surface area contributed by atoms with Crippen LogP contribution in [-0.2, 0) is 23.7 Å². The number of ether oxygens (including phenoxy) is 5. The van der Waals surface area contributed by atoms with Gasteiger partial charge in [-0.15, -0.1) is 0 Å². The first-order valence-electron chi connectivity index (χ1n) is 6.71. The van der Waals surface area contributed by atoms with E-state index >= 15 is 0 Å². The second kappa shape index (κ2) is 4.02. The molecule has 3 heterocycles. The molecule has 5 heteroatoms. The Kier molecular flexibility index (Phi) is 2.86. The van der Waals surface area contributed by atoms with Crippen molar-refractivity contribution in [1.29, 1.82) is 0 Å². The van der Waals surface area contributed by atoms with Crippen LogP contribution in [0.4, 0.5) is 0 Å². The van der Waals surface area contributed by atoms with Gasteiger partial charge in [0.1, 0.15) is 24.4 Å². The van der Waals surface area contributed by atoms with E-state index in [2.05, 4.69) is 6.58 Å². The highest BCUT2D eigenvalue weighted by Crippen LogP contribution is 2.45. The van der Waals surface area contributed by atoms with E-state index in [0.29, 0.717) is 0 Å². The van der Waals surface area contributed by atoms with Crippen LogP contribution in [-0.4, -0.2) is 42.3 Å². The smallest absolute Gasteiger partial charge is 0.190 e. The van der Waals surface area contributed by atoms with Gasteiger partial charge in [0, 0.05) is 0 Å². The highest BCUT2D eigenvalue weighted by Gasteiger charge is 2.60. The third kappa shape index (κ3) is 2.23. The Hall–Kier alpha value is -0.460. The number of hydrogen-bond donors (Lipinski definition) is 0. The Morgan fingerprint density at radius 3 is 2.00 bits per heavy atom. The van der Waals surface area contributed by atoms with Crippen LogP contribution in [0.5, 0.6) is 0 Å². The lowest BCUT2D eigenvalue weighted by atomic mass is 9.95. The van der Waals surface area contributed by atoms with Gasteiger partial charge in [0.25, 0.3) is 0 Å². The standard InChI is InChI=1S/C14H22O5/c1-7(2)8-9-10(17-13(3,4)16-9)11-12(15-8)19-14(5,6)18-11/h8-12H,1H2,2-6H3/t8-,9+,10+,11-,12-/m0/s1. The molecule has 19 heavy (non-hydrogen) atoms. The van der Waals surface area contributed by atoms with Gasteiger partial charge in [0.15, 0.2) is 17.9 Å². The van der Waals surface area contributed by atoms with Gasteiger partial charge in [0.2, 0.25) is 0 Å². The Morgan fingerprint density at radius 1 is 0.842 bits per heavy atom. The molecule has 108 valence electrons. The molecule has 3 aliphatic heterocycles. The normalized spacial score (nSPS) is 46.7. The first kappa shape index (κ1) is 13.5. The largest absolute Gasteiger partial charge is 0.342 e. The maximum atomic E-state index is 5.99. The summed E-state index contributed by atoms with van der Waals surface area (Å²) in [4.78, 5) is 0. The van der Waals surface area contributed by atoms with E-state index in [9.17, 15) is 0 Å². The third-order valence-corrected chi connectivity index (χ3v) is 3.64. The van der Waals surface area contributed by atoms with E-state index in [-0.39, 0.29) is 24.4 Å². The average Bonchev–Trinajstić information content (AvgIpc) is 2.70. The number of fused-ring (bicyclic) bond motifs is 3. The summed E-state index contributed by atoms with van der Waals surface area (Å²) in [5, 5.41) is 0. The van der Waals surface area contributed by atoms with Crippen LogP contribution < -0.4 is 0 Å². The summed E-state index contributed by atoms with van der Waals surface area (Å²) in [7, 11) is 0. The van der Waals surface area contributed by atoms with Gasteiger partial charge in [-0.3, -0.25) is 0 Å². The topological polar surface area (TPSA) is 46.2 Å². The van der Waals surface area contributed by atoms with Crippen molar-refractivity contribution in [1.82, 2.24) is 0 Å². The molecule has 0 saturated carbocycles. The minimum absolute atomic E-state index is 0.197. The minimum atomic E-state index is -0.667. The van der Waals surface area contributed by atoms with E-state index in [1.165, 1.54) is 0 Å². The predicted molar refractivity (Wildman–Crippen MR) is 67.3 cm³/mol. The lowest BCUT2D eigenvalue weighted by Gasteiger charge is -2.37. The fourth-order valence-electron chi connectivity index (χ4n) is 3.01. The van der Waals surface area contributed by atoms with E-state index in [0.717, 1.165) is 5.57 Å². The molecule has 5 atom stereocenters. The Labute approximate surface area is 113 Å². The molecule has 5 nitrogen and oxygen atoms in total. The quantitative estimate of drug-likeness (QED) is 0.682. The fourth-order valence-corrected chi connectivity index (χ4v) is 3.01. The summed E-state index contributed by atoms with van der Waals surface area (Å²) in [6.07, 6.45) is -1.33. The van der Waals surface area contributed by atoms with Gasteiger partial charge in [-0.1, -0.05) is 6.58 Å². The van der Waals surface area contributed by atoms with Crippen molar-refractivity contribution >= 4 is 0 Å². The molecular formula is C14H22O5. The maximum Gasteiger partial charge on any atom is 0.190 e. The first-order valence-corrected chi connectivity index (χ1v) is 6.71. The van der Waals surface area contributed by atoms with Gasteiger partial charge in [-0.25, -0.2) is 0 Å². The molecular weight excluding hydrogens is 248 g/mol. The van der Waals surface area contributed by atoms with Crippen molar-refractivity contribution < 1.29 is 23.7 Å². The Morgan fingerprint density at radius 2 is 1.37 bits per heavy atom. The molecule has 0 unspecified atom stereocenters. The van der Waals surface area contributed by atoms with Gasteiger partial charge >= 0.3 is 0 Å². The first-order chi connectivity index (χ1) is 8.69. The van der Waals surface area contributed by atoms with Crippen molar-refractivity contribution in [3.63, 3.8) is 0 Å². The van der Waals surface area contributed by atoms with Gasteiger partial charge in [0.05, 0.1) is 0 Å². The molecule has 3 saturated heterocycles. The molecule has 0 aromatic heterocycles. The predicted octanol–water partition coefficient (Wildman–Crippen LogP) is 1.96. The van der Waals surface area contributed by atoms with Gasteiger partial charge in [-0.2, -0.15) is 0 Å². The van der Waals surface area contributed by atoms with Gasteiger partial charge < -0.3 is 23.7 Å². The summed E-state index contributed by atoms with van der Waals surface area (Å²) in [6.45, 7) is 13.5. The molecule has 0 N–H and O–H groups in total. The molecule has 0 aromatic rings. The molecule has 3 aliphatic rings. The van der Waals surface area contributed by atoms with Crippen molar-refractivity contribution in [2.75, 3.05) is 0 Å². The number of hydrogen-bond acceptors (Lipinski definition) is 5. The second-order valence-corrected chi connectivity index (χ2v) is 6.44. The lowest BCUT2D eigenvalue weighted by molar-refractivity contribution is -0.224. The van der Waals surface area contributed by atoms with Crippen molar-refractivity contribution in [2.24, 2.45) is 0 Å². The van der Waals surface area contributed by atoms with Crippen molar-refractivity contribution in [3.8, 4) is 0 Å². The van der Waals surface area contributed by atoms with Crippen LogP contribution in [0.25, 0.3) is 0 Å². The molecule has 0 spiro atoms. The molecule has 0 radical (unpaired) electrons. The highest BCUT2D eigenvalue weighted by atomic mass is 16.9. The minimum Gasteiger partial charge on any atom is -0.342 e. The summed E-state index contributed by atoms with van der Waals surface area (Å²) < 4.78 is 29.6. The maximum absolute atomic E-state index is 5.99. The highest BCUT2D eigenvalue weighted by molar-refractivity contribution is 5.11. The second-order valence-electron chi connectivity index (χ2n) is 6.44. The Balaban J connectivity index is 1.91. The van der Waals surface area contributed by atoms with Crippen LogP contribution in [0.2, 0.25) is 0 Å². The molecule has 3 fully saturated rings. The van der Waals surface area contributed by atoms with Crippen LogP contribution in [0.3, 0.4) is 0 Å². The molecule has 3 rings (SSSR count). The van der Waals surface area contributed by atoms with Crippen LogP contribution in [0.1, 0.15) is 34.6 Å². The third-order valence-electron chi connectivity index (χ3n) is 3.64. The summed E-state index contributed by atoms with van der Waals surface area (Å²) in [5.41, 5.74) is 0.906. The van der Waals surface area contributed by atoms with Gasteiger partial charge in [-0.05, 0) is 40.2 Å². The zero-order valence-corrected chi connectivity index (χ0v) is 12.1. The van der Waals surface area contributed by atoms with Crippen LogP contribution in [0, 0.1) is 0 Å².